The van der Waals surface area contributed by atoms with Crippen LogP contribution in [0.3, 0.4) is 0 Å². The van der Waals surface area contributed by atoms with E-state index in [4.69, 9.17) is 10.00 Å². The van der Waals surface area contributed by atoms with Crippen LogP contribution in [0.4, 0.5) is 11.4 Å². The van der Waals surface area contributed by atoms with Crippen LogP contribution < -0.4 is 15.4 Å². The van der Waals surface area contributed by atoms with Gasteiger partial charge in [-0.3, -0.25) is 25.4 Å². The van der Waals surface area contributed by atoms with Gasteiger partial charge in [0.25, 0.3) is 5.69 Å². The molecular weight excluding hydrogens is 408 g/mol. The molecule has 9 nitrogen and oxygen atoms in total. The number of pyridine rings is 1. The number of ether oxygens (including phenoxy) is 1. The lowest BCUT2D eigenvalue weighted by Crippen LogP contribution is -2.27. The normalized spacial score (nSPS) is 10.9. The molecule has 0 radical (unpaired) electrons. The number of non-ortho nitro benzene ring substituents is 1. The lowest BCUT2D eigenvalue weighted by molar-refractivity contribution is -0.384. The number of nitrogens with one attached hydrogen (secondary N) is 2. The molecule has 0 aliphatic heterocycles. The average molecular weight is 439 g/mol. The minimum absolute atomic E-state index is 0.0741. The standard InChI is InChI=1S/C23H30N6O3/c24-19-27-23(28-20-13-16-25-17-14-20)26-15-7-5-3-1-2-4-6-8-18-32-22-11-9-21(10-12-22)29(30)31/h9-14,16-17H,1-8,15,18H2,(H2,25,26,27,28). The van der Waals surface area contributed by atoms with E-state index in [1.54, 1.807) is 24.5 Å². The Balaban J connectivity index is 1.45. The van der Waals surface area contributed by atoms with Crippen molar-refractivity contribution < 1.29 is 9.66 Å². The number of guanidine groups is 1. The fraction of sp³-hybridized carbons (Fsp3) is 0.435. The Morgan fingerprint density at radius 1 is 1.00 bits per heavy atom. The van der Waals surface area contributed by atoms with Gasteiger partial charge in [0, 0.05) is 36.8 Å². The predicted molar refractivity (Wildman–Crippen MR) is 124 cm³/mol. The Labute approximate surface area is 188 Å². The SMILES string of the molecule is N#CNC(=NCCCCCCCCCCOc1ccc([N+](=O)[O-])cc1)Nc1ccncc1. The quantitative estimate of drug-likeness (QED) is 0.0806. The van der Waals surface area contributed by atoms with E-state index < -0.39 is 4.92 Å². The molecule has 0 atom stereocenters. The van der Waals surface area contributed by atoms with Gasteiger partial charge in [-0.2, -0.15) is 5.26 Å². The number of hydrogen-bond acceptors (Lipinski definition) is 6. The van der Waals surface area contributed by atoms with Crippen molar-refractivity contribution in [1.82, 2.24) is 10.3 Å². The first-order valence-corrected chi connectivity index (χ1v) is 10.9. The van der Waals surface area contributed by atoms with Crippen molar-refractivity contribution in [3.63, 3.8) is 0 Å². The van der Waals surface area contributed by atoms with Crippen LogP contribution in [0.2, 0.25) is 0 Å². The number of nitro groups is 1. The molecule has 1 heterocycles. The highest BCUT2D eigenvalue weighted by molar-refractivity contribution is 5.94. The van der Waals surface area contributed by atoms with Crippen molar-refractivity contribution in [2.24, 2.45) is 4.99 Å². The number of unbranched alkanes of at least 4 members (excludes halogenated alkanes) is 7. The second-order valence-corrected chi connectivity index (χ2v) is 7.26. The number of benzene rings is 1. The highest BCUT2D eigenvalue weighted by Crippen LogP contribution is 2.17. The molecule has 0 saturated heterocycles. The fourth-order valence-electron chi connectivity index (χ4n) is 3.05. The van der Waals surface area contributed by atoms with Gasteiger partial charge in [-0.1, -0.05) is 38.5 Å². The van der Waals surface area contributed by atoms with Gasteiger partial charge in [-0.15, -0.1) is 0 Å². The number of rotatable bonds is 14. The van der Waals surface area contributed by atoms with E-state index in [1.807, 2.05) is 18.3 Å². The number of nitro benzene ring substituents is 1. The summed E-state index contributed by atoms with van der Waals surface area (Å²) >= 11 is 0. The summed E-state index contributed by atoms with van der Waals surface area (Å²) in [7, 11) is 0. The molecule has 0 saturated carbocycles. The molecule has 170 valence electrons. The molecule has 1 aromatic heterocycles. The van der Waals surface area contributed by atoms with Crippen LogP contribution in [0, 0.1) is 21.6 Å². The highest BCUT2D eigenvalue weighted by atomic mass is 16.6. The van der Waals surface area contributed by atoms with Crippen LogP contribution >= 0.6 is 0 Å². The second-order valence-electron chi connectivity index (χ2n) is 7.26. The molecule has 0 fully saturated rings. The maximum Gasteiger partial charge on any atom is 0.269 e. The van der Waals surface area contributed by atoms with Crippen molar-refractivity contribution in [2.75, 3.05) is 18.5 Å². The summed E-state index contributed by atoms with van der Waals surface area (Å²) in [6.07, 6.45) is 14.2. The van der Waals surface area contributed by atoms with Gasteiger partial charge in [0.05, 0.1) is 11.5 Å². The summed E-state index contributed by atoms with van der Waals surface area (Å²) in [6, 6.07) is 9.82. The number of aromatic nitrogens is 1. The third-order valence-electron chi connectivity index (χ3n) is 4.76. The zero-order valence-electron chi connectivity index (χ0n) is 18.2. The van der Waals surface area contributed by atoms with E-state index in [2.05, 4.69) is 20.6 Å². The van der Waals surface area contributed by atoms with E-state index in [0.717, 1.165) is 31.4 Å². The van der Waals surface area contributed by atoms with Crippen LogP contribution in [0.1, 0.15) is 51.4 Å². The number of anilines is 1. The summed E-state index contributed by atoms with van der Waals surface area (Å²) in [5.41, 5.74) is 0.907. The van der Waals surface area contributed by atoms with Gasteiger partial charge in [-0.05, 0) is 37.1 Å². The summed E-state index contributed by atoms with van der Waals surface area (Å²) in [5.74, 6) is 1.12. The Morgan fingerprint density at radius 3 is 2.25 bits per heavy atom. The van der Waals surface area contributed by atoms with E-state index in [0.29, 0.717) is 24.9 Å². The third kappa shape index (κ3) is 10.4. The predicted octanol–water partition coefficient (Wildman–Crippen LogP) is 5.03. The molecule has 0 aliphatic rings. The summed E-state index contributed by atoms with van der Waals surface area (Å²) in [5, 5.41) is 25.1. The van der Waals surface area contributed by atoms with Gasteiger partial charge < -0.3 is 10.1 Å². The zero-order chi connectivity index (χ0) is 22.9. The fourth-order valence-corrected chi connectivity index (χ4v) is 3.05. The van der Waals surface area contributed by atoms with Gasteiger partial charge in [0.1, 0.15) is 5.75 Å². The average Bonchev–Trinajstić information content (AvgIpc) is 2.81. The first kappa shape index (κ1) is 24.6. The van der Waals surface area contributed by atoms with E-state index >= 15 is 0 Å². The second kappa shape index (κ2) is 15.2. The molecule has 32 heavy (non-hydrogen) atoms. The van der Waals surface area contributed by atoms with Crippen LogP contribution in [-0.4, -0.2) is 29.0 Å². The molecule has 0 spiro atoms. The van der Waals surface area contributed by atoms with E-state index in [-0.39, 0.29) is 5.69 Å². The monoisotopic (exact) mass is 438 g/mol. The number of nitrogens with zero attached hydrogens (tertiary/aromatic N) is 4. The zero-order valence-corrected chi connectivity index (χ0v) is 18.2. The van der Waals surface area contributed by atoms with Gasteiger partial charge in [-0.25, -0.2) is 0 Å². The van der Waals surface area contributed by atoms with Crippen molar-refractivity contribution >= 4 is 17.3 Å². The lowest BCUT2D eigenvalue weighted by atomic mass is 10.1. The molecule has 2 aromatic rings. The Bertz CT molecular complexity index is 866. The van der Waals surface area contributed by atoms with Crippen LogP contribution in [-0.2, 0) is 0 Å². The van der Waals surface area contributed by atoms with Crippen LogP contribution in [0.25, 0.3) is 0 Å². The van der Waals surface area contributed by atoms with Gasteiger partial charge >= 0.3 is 0 Å². The van der Waals surface area contributed by atoms with Crippen LogP contribution in [0.5, 0.6) is 5.75 Å². The summed E-state index contributed by atoms with van der Waals surface area (Å²) < 4.78 is 5.62. The molecule has 0 amide bonds. The topological polar surface area (TPSA) is 125 Å². The van der Waals surface area contributed by atoms with E-state index in [9.17, 15) is 10.1 Å². The third-order valence-corrected chi connectivity index (χ3v) is 4.76. The lowest BCUT2D eigenvalue weighted by Gasteiger charge is -2.07. The van der Waals surface area contributed by atoms with E-state index in [1.165, 1.54) is 37.8 Å². The Morgan fingerprint density at radius 2 is 1.62 bits per heavy atom. The summed E-state index contributed by atoms with van der Waals surface area (Å²) in [4.78, 5) is 18.6. The maximum atomic E-state index is 10.6. The highest BCUT2D eigenvalue weighted by Gasteiger charge is 2.04. The van der Waals surface area contributed by atoms with Crippen molar-refractivity contribution in [1.29, 1.82) is 5.26 Å². The summed E-state index contributed by atoms with van der Waals surface area (Å²) in [6.45, 7) is 1.30. The van der Waals surface area contributed by atoms with Gasteiger partial charge in [0.2, 0.25) is 5.96 Å². The first-order chi connectivity index (χ1) is 15.7. The molecular formula is C23H30N6O3. The molecule has 0 unspecified atom stereocenters. The molecule has 2 N–H and O–H groups in total. The number of nitriles is 1. The largest absolute Gasteiger partial charge is 0.494 e. The van der Waals surface area contributed by atoms with Crippen molar-refractivity contribution in [2.45, 2.75) is 51.4 Å². The van der Waals surface area contributed by atoms with Crippen molar-refractivity contribution in [3.05, 3.63) is 58.9 Å². The number of hydrogen-bond donors (Lipinski definition) is 2. The molecule has 0 aliphatic carbocycles. The molecule has 2 rings (SSSR count). The Hall–Kier alpha value is -3.67. The molecule has 9 heteroatoms. The molecule has 0 bridgehead atoms. The van der Waals surface area contributed by atoms with Crippen LogP contribution in [0.15, 0.2) is 53.8 Å². The minimum Gasteiger partial charge on any atom is -0.494 e. The first-order valence-electron chi connectivity index (χ1n) is 10.9. The maximum absolute atomic E-state index is 10.6. The van der Waals surface area contributed by atoms with Gasteiger partial charge in [0.15, 0.2) is 6.19 Å². The minimum atomic E-state index is -0.415. The Kier molecular flexibility index (Phi) is 11.7. The number of aliphatic imine (C=N–C) groups is 1. The smallest absolute Gasteiger partial charge is 0.269 e. The molecule has 1 aromatic carbocycles. The van der Waals surface area contributed by atoms with Crippen molar-refractivity contribution in [3.8, 4) is 11.9 Å².